The number of hydrogen-bond donors (Lipinski definition) is 1. The summed E-state index contributed by atoms with van der Waals surface area (Å²) >= 11 is 0. The lowest BCUT2D eigenvalue weighted by molar-refractivity contribution is 0.465. The molecule has 1 aromatic carbocycles. The Kier molecular flexibility index (Phi) is 9.19. The van der Waals surface area contributed by atoms with Crippen LogP contribution in [-0.4, -0.2) is 5.11 Å². The molecule has 114 valence electrons. The average Bonchev–Trinajstić information content (AvgIpc) is 2.46. The summed E-state index contributed by atoms with van der Waals surface area (Å²) in [6, 6.07) is 6.19. The van der Waals surface area contributed by atoms with Gasteiger partial charge in [0.25, 0.3) is 0 Å². The highest BCUT2D eigenvalue weighted by molar-refractivity contribution is 5.36. The molecule has 0 aliphatic heterocycles. The van der Waals surface area contributed by atoms with E-state index in [9.17, 15) is 5.11 Å². The van der Waals surface area contributed by atoms with E-state index >= 15 is 0 Å². The van der Waals surface area contributed by atoms with Crippen LogP contribution < -0.4 is 0 Å². The van der Waals surface area contributed by atoms with E-state index in [-0.39, 0.29) is 0 Å². The monoisotopic (exact) mass is 276 g/mol. The van der Waals surface area contributed by atoms with Crippen LogP contribution in [-0.2, 0) is 12.8 Å². The van der Waals surface area contributed by atoms with E-state index in [4.69, 9.17) is 0 Å². The lowest BCUT2D eigenvalue weighted by atomic mass is 9.99. The number of benzene rings is 1. The van der Waals surface area contributed by atoms with Gasteiger partial charge in [-0.2, -0.15) is 0 Å². The largest absolute Gasteiger partial charge is 0.508 e. The van der Waals surface area contributed by atoms with Crippen LogP contribution >= 0.6 is 0 Å². The standard InChI is InChI=1S/C19H32O/c1-3-5-7-9-11-13-18-16-17(14-15-19(18)20)12-10-8-6-4-2/h14-16,20H,3-13H2,1-2H3. The van der Waals surface area contributed by atoms with Gasteiger partial charge in [-0.1, -0.05) is 70.9 Å². The SMILES string of the molecule is CCCCCCCc1cc(CCCCCC)ccc1O. The Bertz CT molecular complexity index is 357. The fraction of sp³-hybridized carbons (Fsp3) is 0.684. The van der Waals surface area contributed by atoms with Crippen molar-refractivity contribution >= 4 is 0 Å². The van der Waals surface area contributed by atoms with Gasteiger partial charge in [-0.15, -0.1) is 0 Å². The van der Waals surface area contributed by atoms with Crippen molar-refractivity contribution < 1.29 is 5.11 Å². The molecule has 0 heterocycles. The summed E-state index contributed by atoms with van der Waals surface area (Å²) < 4.78 is 0. The molecule has 0 unspecified atom stereocenters. The van der Waals surface area contributed by atoms with Crippen molar-refractivity contribution in [2.45, 2.75) is 84.5 Å². The van der Waals surface area contributed by atoms with E-state index in [1.165, 1.54) is 63.4 Å². The smallest absolute Gasteiger partial charge is 0.118 e. The summed E-state index contributed by atoms with van der Waals surface area (Å²) in [7, 11) is 0. The van der Waals surface area contributed by atoms with Crippen molar-refractivity contribution in [3.05, 3.63) is 29.3 Å². The second kappa shape index (κ2) is 10.8. The number of rotatable bonds is 11. The van der Waals surface area contributed by atoms with Gasteiger partial charge in [0, 0.05) is 0 Å². The van der Waals surface area contributed by atoms with Crippen molar-refractivity contribution in [2.75, 3.05) is 0 Å². The Hall–Kier alpha value is -0.980. The number of phenols is 1. The van der Waals surface area contributed by atoms with E-state index in [1.807, 2.05) is 6.07 Å². The fourth-order valence-corrected chi connectivity index (χ4v) is 2.67. The van der Waals surface area contributed by atoms with Crippen molar-refractivity contribution in [3.63, 3.8) is 0 Å². The normalized spacial score (nSPS) is 10.9. The van der Waals surface area contributed by atoms with Crippen LogP contribution in [0.4, 0.5) is 0 Å². The number of phenolic OH excluding ortho intramolecular Hbond substituents is 1. The highest BCUT2D eigenvalue weighted by atomic mass is 16.3. The maximum absolute atomic E-state index is 9.95. The van der Waals surface area contributed by atoms with E-state index in [1.54, 1.807) is 0 Å². The first-order valence-corrected chi connectivity index (χ1v) is 8.58. The summed E-state index contributed by atoms with van der Waals surface area (Å²) in [6.07, 6.45) is 13.8. The first-order valence-electron chi connectivity index (χ1n) is 8.58. The molecule has 0 saturated heterocycles. The van der Waals surface area contributed by atoms with E-state index in [2.05, 4.69) is 26.0 Å². The summed E-state index contributed by atoms with van der Waals surface area (Å²) in [4.78, 5) is 0. The van der Waals surface area contributed by atoms with Crippen molar-refractivity contribution in [3.8, 4) is 5.75 Å². The maximum atomic E-state index is 9.95. The number of aromatic hydroxyl groups is 1. The molecule has 1 nitrogen and oxygen atoms in total. The third-order valence-corrected chi connectivity index (χ3v) is 4.01. The second-order valence-electron chi connectivity index (χ2n) is 5.94. The Labute approximate surface area is 125 Å². The zero-order valence-electron chi connectivity index (χ0n) is 13.5. The Balaban J connectivity index is 2.37. The second-order valence-corrected chi connectivity index (χ2v) is 5.94. The summed E-state index contributed by atoms with van der Waals surface area (Å²) in [5, 5.41) is 9.95. The van der Waals surface area contributed by atoms with Gasteiger partial charge in [-0.25, -0.2) is 0 Å². The molecule has 0 aliphatic carbocycles. The first-order chi connectivity index (χ1) is 9.77. The zero-order valence-corrected chi connectivity index (χ0v) is 13.5. The van der Waals surface area contributed by atoms with Crippen LogP contribution in [0.5, 0.6) is 5.75 Å². The Morgan fingerprint density at radius 3 is 2.05 bits per heavy atom. The van der Waals surface area contributed by atoms with Gasteiger partial charge in [0.05, 0.1) is 0 Å². The van der Waals surface area contributed by atoms with E-state index in [0.717, 1.165) is 18.4 Å². The van der Waals surface area contributed by atoms with Crippen LogP contribution in [0.3, 0.4) is 0 Å². The number of aryl methyl sites for hydroxylation is 2. The van der Waals surface area contributed by atoms with Gasteiger partial charge < -0.3 is 5.11 Å². The molecule has 1 rings (SSSR count). The predicted octanol–water partition coefficient (Wildman–Crippen LogP) is 6.03. The van der Waals surface area contributed by atoms with Crippen LogP contribution in [0.15, 0.2) is 18.2 Å². The molecule has 0 spiro atoms. The molecule has 0 aromatic heterocycles. The molecular weight excluding hydrogens is 244 g/mol. The van der Waals surface area contributed by atoms with Crippen LogP contribution in [0.25, 0.3) is 0 Å². The topological polar surface area (TPSA) is 20.2 Å². The molecule has 0 amide bonds. The Morgan fingerprint density at radius 1 is 0.750 bits per heavy atom. The maximum Gasteiger partial charge on any atom is 0.118 e. The van der Waals surface area contributed by atoms with Gasteiger partial charge in [0.15, 0.2) is 0 Å². The first kappa shape index (κ1) is 17.1. The minimum atomic E-state index is 0.484. The molecule has 0 atom stereocenters. The van der Waals surface area contributed by atoms with Gasteiger partial charge >= 0.3 is 0 Å². The van der Waals surface area contributed by atoms with Crippen LogP contribution in [0.1, 0.15) is 82.8 Å². The van der Waals surface area contributed by atoms with Gasteiger partial charge in [-0.3, -0.25) is 0 Å². The quantitative estimate of drug-likeness (QED) is 0.489. The number of hydrogen-bond acceptors (Lipinski definition) is 1. The molecule has 1 aromatic rings. The van der Waals surface area contributed by atoms with Crippen molar-refractivity contribution in [2.24, 2.45) is 0 Å². The van der Waals surface area contributed by atoms with Gasteiger partial charge in [0.1, 0.15) is 5.75 Å². The number of unbranched alkanes of at least 4 members (excludes halogenated alkanes) is 7. The molecule has 1 heteroatoms. The summed E-state index contributed by atoms with van der Waals surface area (Å²) in [6.45, 7) is 4.49. The minimum Gasteiger partial charge on any atom is -0.508 e. The molecule has 0 bridgehead atoms. The van der Waals surface area contributed by atoms with E-state index in [0.29, 0.717) is 5.75 Å². The average molecular weight is 276 g/mol. The third-order valence-electron chi connectivity index (χ3n) is 4.01. The fourth-order valence-electron chi connectivity index (χ4n) is 2.67. The third kappa shape index (κ3) is 6.98. The molecule has 1 N–H and O–H groups in total. The summed E-state index contributed by atoms with van der Waals surface area (Å²) in [5.74, 6) is 0.484. The lowest BCUT2D eigenvalue weighted by Crippen LogP contribution is -1.92. The highest BCUT2D eigenvalue weighted by Crippen LogP contribution is 2.22. The molecule has 20 heavy (non-hydrogen) atoms. The molecule has 0 saturated carbocycles. The van der Waals surface area contributed by atoms with E-state index < -0.39 is 0 Å². The minimum absolute atomic E-state index is 0.484. The molecule has 0 aliphatic rings. The Morgan fingerprint density at radius 2 is 1.35 bits per heavy atom. The van der Waals surface area contributed by atoms with Crippen molar-refractivity contribution in [1.29, 1.82) is 0 Å². The summed E-state index contributed by atoms with van der Waals surface area (Å²) in [5.41, 5.74) is 2.54. The van der Waals surface area contributed by atoms with Crippen molar-refractivity contribution in [1.82, 2.24) is 0 Å². The molecular formula is C19H32O. The van der Waals surface area contributed by atoms with Gasteiger partial charge in [-0.05, 0) is 42.9 Å². The lowest BCUT2D eigenvalue weighted by Gasteiger charge is -2.08. The van der Waals surface area contributed by atoms with Gasteiger partial charge in [0.2, 0.25) is 0 Å². The molecule has 0 radical (unpaired) electrons. The molecule has 0 fully saturated rings. The predicted molar refractivity (Wildman–Crippen MR) is 88.4 cm³/mol. The van der Waals surface area contributed by atoms with Crippen LogP contribution in [0.2, 0.25) is 0 Å². The van der Waals surface area contributed by atoms with Crippen LogP contribution in [0, 0.1) is 0 Å². The highest BCUT2D eigenvalue weighted by Gasteiger charge is 2.03. The zero-order chi connectivity index (χ0) is 14.6.